The Hall–Kier alpha value is -1.18. The molecule has 0 heterocycles. The minimum Gasteiger partial charge on any atom is -0.493 e. The average molecular weight is 303 g/mol. The van der Waals surface area contributed by atoms with Crippen LogP contribution < -0.4 is 10.5 Å². The van der Waals surface area contributed by atoms with Gasteiger partial charge in [-0.2, -0.15) is 0 Å². The highest BCUT2D eigenvalue weighted by Crippen LogP contribution is 2.33. The minimum absolute atomic E-state index is 0.735. The van der Waals surface area contributed by atoms with Gasteiger partial charge in [0.25, 0.3) is 0 Å². The molecule has 1 saturated carbocycles. The van der Waals surface area contributed by atoms with E-state index in [0.29, 0.717) is 0 Å². The number of rotatable bonds is 7. The molecule has 1 aromatic rings. The number of benzene rings is 1. The second-order valence-electron chi connectivity index (χ2n) is 7.18. The van der Waals surface area contributed by atoms with Crippen LogP contribution >= 0.6 is 0 Å². The zero-order valence-electron chi connectivity index (χ0n) is 14.7. The summed E-state index contributed by atoms with van der Waals surface area (Å²) in [6.07, 6.45) is 11.1. The van der Waals surface area contributed by atoms with Gasteiger partial charge in [0.05, 0.1) is 6.61 Å². The van der Waals surface area contributed by atoms with Crippen molar-refractivity contribution in [3.05, 3.63) is 23.3 Å². The summed E-state index contributed by atoms with van der Waals surface area (Å²) in [5.41, 5.74) is 9.02. The summed E-state index contributed by atoms with van der Waals surface area (Å²) in [6.45, 7) is 7.33. The molecule has 2 rings (SSSR count). The molecule has 0 aromatic heterocycles. The molecule has 124 valence electrons. The van der Waals surface area contributed by atoms with Crippen LogP contribution in [0.3, 0.4) is 0 Å². The fraction of sp³-hybridized carbons (Fsp3) is 0.700. The Labute approximate surface area is 136 Å². The first-order chi connectivity index (χ1) is 10.6. The Bertz CT molecular complexity index is 438. The molecule has 2 nitrogen and oxygen atoms in total. The van der Waals surface area contributed by atoms with Crippen LogP contribution in [-0.2, 0) is 0 Å². The summed E-state index contributed by atoms with van der Waals surface area (Å²) in [5.74, 6) is 2.75. The van der Waals surface area contributed by atoms with Gasteiger partial charge in [0.1, 0.15) is 5.75 Å². The van der Waals surface area contributed by atoms with Crippen molar-refractivity contribution in [1.82, 2.24) is 0 Å². The van der Waals surface area contributed by atoms with Gasteiger partial charge in [0, 0.05) is 5.69 Å². The second kappa shape index (κ2) is 8.45. The highest BCUT2D eigenvalue weighted by molar-refractivity contribution is 5.52. The van der Waals surface area contributed by atoms with Crippen LogP contribution in [0.2, 0.25) is 0 Å². The van der Waals surface area contributed by atoms with Crippen LogP contribution in [0.15, 0.2) is 12.1 Å². The number of hydrogen-bond donors (Lipinski definition) is 1. The smallest absolute Gasteiger partial charge is 0.125 e. The Kier molecular flexibility index (Phi) is 6.60. The molecule has 0 bridgehead atoms. The van der Waals surface area contributed by atoms with E-state index < -0.39 is 0 Å². The summed E-state index contributed by atoms with van der Waals surface area (Å²) in [6, 6.07) is 4.01. The Morgan fingerprint density at radius 2 is 1.59 bits per heavy atom. The van der Waals surface area contributed by atoms with E-state index in [1.54, 1.807) is 0 Å². The van der Waals surface area contributed by atoms with Gasteiger partial charge in [0.2, 0.25) is 0 Å². The number of anilines is 1. The topological polar surface area (TPSA) is 35.2 Å². The first-order valence-electron chi connectivity index (χ1n) is 9.09. The zero-order chi connectivity index (χ0) is 15.9. The van der Waals surface area contributed by atoms with Crippen molar-refractivity contribution in [3.8, 4) is 5.75 Å². The Morgan fingerprint density at radius 1 is 1.00 bits per heavy atom. The largest absolute Gasteiger partial charge is 0.493 e. The average Bonchev–Trinajstić information content (AvgIpc) is 2.48. The maximum Gasteiger partial charge on any atom is 0.125 e. The van der Waals surface area contributed by atoms with E-state index in [1.807, 2.05) is 12.1 Å². The summed E-state index contributed by atoms with van der Waals surface area (Å²) >= 11 is 0. The van der Waals surface area contributed by atoms with E-state index in [1.165, 1.54) is 51.4 Å². The molecule has 1 aliphatic carbocycles. The number of nitrogens with two attached hydrogens (primary N) is 1. The molecular formula is C20H33NO. The molecule has 0 spiro atoms. The van der Waals surface area contributed by atoms with Gasteiger partial charge in [-0.25, -0.2) is 0 Å². The maximum absolute atomic E-state index is 6.14. The van der Waals surface area contributed by atoms with Gasteiger partial charge >= 0.3 is 0 Å². The number of unbranched alkanes of at least 4 members (excludes halogenated alkanes) is 2. The predicted molar refractivity (Wildman–Crippen MR) is 95.4 cm³/mol. The van der Waals surface area contributed by atoms with E-state index in [4.69, 9.17) is 10.5 Å². The molecule has 0 aliphatic heterocycles. The van der Waals surface area contributed by atoms with Crippen LogP contribution in [0.5, 0.6) is 5.75 Å². The first kappa shape index (κ1) is 17.2. The van der Waals surface area contributed by atoms with Crippen molar-refractivity contribution < 1.29 is 4.74 Å². The monoisotopic (exact) mass is 303 g/mol. The minimum atomic E-state index is 0.735. The molecule has 0 unspecified atom stereocenters. The molecule has 0 atom stereocenters. The van der Waals surface area contributed by atoms with Crippen molar-refractivity contribution in [2.45, 2.75) is 72.1 Å². The zero-order valence-corrected chi connectivity index (χ0v) is 14.7. The number of hydrogen-bond acceptors (Lipinski definition) is 2. The lowest BCUT2D eigenvalue weighted by atomic mass is 9.80. The molecule has 2 N–H and O–H groups in total. The molecule has 1 fully saturated rings. The number of aryl methyl sites for hydroxylation is 2. The van der Waals surface area contributed by atoms with E-state index in [0.717, 1.165) is 41.0 Å². The summed E-state index contributed by atoms with van der Waals surface area (Å²) < 4.78 is 6.14. The highest BCUT2D eigenvalue weighted by atomic mass is 16.5. The molecule has 1 aliphatic rings. The fourth-order valence-corrected chi connectivity index (χ4v) is 3.78. The summed E-state index contributed by atoms with van der Waals surface area (Å²) in [7, 11) is 0. The molecule has 0 radical (unpaired) electrons. The van der Waals surface area contributed by atoms with Crippen LogP contribution in [-0.4, -0.2) is 6.61 Å². The van der Waals surface area contributed by atoms with Gasteiger partial charge in [0.15, 0.2) is 0 Å². The fourth-order valence-electron chi connectivity index (χ4n) is 3.78. The van der Waals surface area contributed by atoms with Crippen LogP contribution in [0.1, 0.15) is 69.4 Å². The predicted octanol–water partition coefficient (Wildman–Crippen LogP) is 5.65. The summed E-state index contributed by atoms with van der Waals surface area (Å²) in [5, 5.41) is 0. The molecular weight excluding hydrogens is 270 g/mol. The van der Waals surface area contributed by atoms with Crippen LogP contribution in [0.4, 0.5) is 5.69 Å². The third-order valence-corrected chi connectivity index (χ3v) is 5.13. The van der Waals surface area contributed by atoms with Gasteiger partial charge in [-0.3, -0.25) is 0 Å². The Balaban J connectivity index is 1.75. The highest BCUT2D eigenvalue weighted by Gasteiger charge is 2.21. The van der Waals surface area contributed by atoms with Gasteiger partial charge < -0.3 is 10.5 Å². The SMILES string of the molecule is CCCCCC1CCC(COc2c(C)cc(N)cc2C)CC1. The Morgan fingerprint density at radius 3 is 2.18 bits per heavy atom. The van der Waals surface area contributed by atoms with Crippen molar-refractivity contribution in [2.24, 2.45) is 11.8 Å². The van der Waals surface area contributed by atoms with Crippen LogP contribution in [0.25, 0.3) is 0 Å². The van der Waals surface area contributed by atoms with Gasteiger partial charge in [-0.05, 0) is 61.8 Å². The van der Waals surface area contributed by atoms with Crippen molar-refractivity contribution in [3.63, 3.8) is 0 Å². The quantitative estimate of drug-likeness (QED) is 0.521. The van der Waals surface area contributed by atoms with Gasteiger partial charge in [-0.1, -0.05) is 45.4 Å². The lowest BCUT2D eigenvalue weighted by molar-refractivity contribution is 0.176. The second-order valence-corrected chi connectivity index (χ2v) is 7.18. The van der Waals surface area contributed by atoms with Crippen molar-refractivity contribution >= 4 is 5.69 Å². The molecule has 22 heavy (non-hydrogen) atoms. The number of nitrogen functional groups attached to an aromatic ring is 1. The number of ether oxygens (including phenoxy) is 1. The van der Waals surface area contributed by atoms with E-state index in [9.17, 15) is 0 Å². The molecule has 0 amide bonds. The lowest BCUT2D eigenvalue weighted by Gasteiger charge is -2.29. The molecule has 2 heteroatoms. The lowest BCUT2D eigenvalue weighted by Crippen LogP contribution is -2.20. The third kappa shape index (κ3) is 4.93. The standard InChI is InChI=1S/C20H33NO/c1-4-5-6-7-17-8-10-18(11-9-17)14-22-20-15(2)12-19(21)13-16(20)3/h12-13,17-18H,4-11,14,21H2,1-3H3. The van der Waals surface area contributed by atoms with Gasteiger partial charge in [-0.15, -0.1) is 0 Å². The maximum atomic E-state index is 6.14. The van der Waals surface area contributed by atoms with E-state index >= 15 is 0 Å². The normalized spacial score (nSPS) is 21.8. The third-order valence-electron chi connectivity index (χ3n) is 5.13. The molecule has 0 saturated heterocycles. The first-order valence-corrected chi connectivity index (χ1v) is 9.09. The van der Waals surface area contributed by atoms with E-state index in [2.05, 4.69) is 20.8 Å². The van der Waals surface area contributed by atoms with E-state index in [-0.39, 0.29) is 0 Å². The van der Waals surface area contributed by atoms with Crippen molar-refractivity contribution in [1.29, 1.82) is 0 Å². The summed E-state index contributed by atoms with van der Waals surface area (Å²) in [4.78, 5) is 0. The molecule has 1 aromatic carbocycles. The van der Waals surface area contributed by atoms with Crippen molar-refractivity contribution in [2.75, 3.05) is 12.3 Å². The van der Waals surface area contributed by atoms with Crippen LogP contribution in [0, 0.1) is 25.7 Å².